The smallest absolute Gasteiger partial charge is 0.338 e. The zero-order chi connectivity index (χ0) is 28.3. The van der Waals surface area contributed by atoms with Crippen LogP contribution in [0.3, 0.4) is 0 Å². The van der Waals surface area contributed by atoms with Gasteiger partial charge in [0.1, 0.15) is 16.6 Å². The van der Waals surface area contributed by atoms with E-state index in [9.17, 15) is 19.2 Å². The van der Waals surface area contributed by atoms with E-state index in [4.69, 9.17) is 21.1 Å². The fraction of sp³-hybridized carbons (Fsp3) is 0.517. The number of piperidine rings is 1. The van der Waals surface area contributed by atoms with Crippen LogP contribution in [0.4, 0.5) is 0 Å². The molecule has 0 bridgehead atoms. The van der Waals surface area contributed by atoms with Gasteiger partial charge >= 0.3 is 5.97 Å². The predicted octanol–water partition coefficient (Wildman–Crippen LogP) is 4.70. The summed E-state index contributed by atoms with van der Waals surface area (Å²) < 4.78 is 27.2. The topological polar surface area (TPSA) is 111 Å². The molecule has 0 aliphatic carbocycles. The van der Waals surface area contributed by atoms with Gasteiger partial charge in [-0.05, 0) is 76.3 Å². The summed E-state index contributed by atoms with van der Waals surface area (Å²) in [5.41, 5.74) is 1.79. The Morgan fingerprint density at radius 1 is 1.18 bits per heavy atom. The molecule has 2 fully saturated rings. The van der Waals surface area contributed by atoms with E-state index in [2.05, 4.69) is 4.72 Å². The third-order valence-electron chi connectivity index (χ3n) is 7.30. The fourth-order valence-electron chi connectivity index (χ4n) is 4.97. The molecule has 2 saturated heterocycles. The van der Waals surface area contributed by atoms with E-state index in [-0.39, 0.29) is 17.6 Å². The number of carbonyl (C=O) groups is 2. The van der Waals surface area contributed by atoms with Crippen molar-refractivity contribution in [1.29, 1.82) is 0 Å². The van der Waals surface area contributed by atoms with Crippen molar-refractivity contribution in [2.45, 2.75) is 70.0 Å². The van der Waals surface area contributed by atoms with Crippen LogP contribution in [0.25, 0.3) is 0 Å². The minimum atomic E-state index is -1.39. The van der Waals surface area contributed by atoms with Gasteiger partial charge in [-0.1, -0.05) is 29.8 Å². The highest BCUT2D eigenvalue weighted by Gasteiger charge is 2.42. The van der Waals surface area contributed by atoms with Crippen LogP contribution < -0.4 is 4.72 Å². The number of ether oxygens (including phenoxy) is 2. The average Bonchev–Trinajstić information content (AvgIpc) is 3.37. The quantitative estimate of drug-likeness (QED) is 0.363. The summed E-state index contributed by atoms with van der Waals surface area (Å²) in [5.74, 6) is -0.566. The molecule has 10 heteroatoms. The number of rotatable bonds is 7. The molecule has 0 saturated carbocycles. The lowest BCUT2D eigenvalue weighted by Crippen LogP contribution is -2.50. The number of hydrogen-bond acceptors (Lipinski definition) is 7. The number of carbonyl (C=O) groups excluding carboxylic acids is 2. The lowest BCUT2D eigenvalue weighted by Gasteiger charge is -2.38. The summed E-state index contributed by atoms with van der Waals surface area (Å²) in [4.78, 5) is 27.7. The number of halogens is 1. The van der Waals surface area contributed by atoms with Crippen molar-refractivity contribution in [2.24, 2.45) is 5.92 Å². The number of esters is 1. The molecule has 39 heavy (non-hydrogen) atoms. The zero-order valence-electron chi connectivity index (χ0n) is 22.8. The van der Waals surface area contributed by atoms with Crippen molar-refractivity contribution < 1.29 is 28.7 Å². The first-order valence-electron chi connectivity index (χ1n) is 13.3. The molecule has 2 N–H and O–H groups in total. The predicted molar refractivity (Wildman–Crippen MR) is 151 cm³/mol. The Morgan fingerprint density at radius 3 is 2.49 bits per heavy atom. The summed E-state index contributed by atoms with van der Waals surface area (Å²) >= 11 is 5.02. The highest BCUT2D eigenvalue weighted by Crippen LogP contribution is 2.39. The second kappa shape index (κ2) is 12.5. The Hall–Kier alpha value is -2.30. The maximum Gasteiger partial charge on any atom is 0.338 e. The fourth-order valence-corrected chi connectivity index (χ4v) is 6.05. The highest BCUT2D eigenvalue weighted by atomic mass is 35.5. The maximum absolute atomic E-state index is 13.4. The molecule has 1 unspecified atom stereocenters. The molecule has 1 amide bonds. The van der Waals surface area contributed by atoms with Crippen LogP contribution in [0.15, 0.2) is 42.5 Å². The van der Waals surface area contributed by atoms with Gasteiger partial charge in [0.25, 0.3) is 5.91 Å². The largest absolute Gasteiger partial charge is 0.598 e. The number of hydrogen-bond donors (Lipinski definition) is 2. The van der Waals surface area contributed by atoms with Crippen LogP contribution in [-0.4, -0.2) is 63.1 Å². The van der Waals surface area contributed by atoms with E-state index in [1.165, 1.54) is 0 Å². The van der Waals surface area contributed by atoms with Crippen LogP contribution in [-0.2, 0) is 25.6 Å². The van der Waals surface area contributed by atoms with Gasteiger partial charge in [0.05, 0.1) is 18.2 Å². The van der Waals surface area contributed by atoms with Gasteiger partial charge in [-0.2, -0.15) is 0 Å². The van der Waals surface area contributed by atoms with Gasteiger partial charge < -0.3 is 24.0 Å². The second-order valence-electron chi connectivity index (χ2n) is 11.2. The lowest BCUT2D eigenvalue weighted by atomic mass is 9.85. The molecule has 2 aromatic carbocycles. The van der Waals surface area contributed by atoms with E-state index >= 15 is 0 Å². The summed E-state index contributed by atoms with van der Waals surface area (Å²) in [6, 6.07) is 11.6. The van der Waals surface area contributed by atoms with Gasteiger partial charge in [-0.3, -0.25) is 4.79 Å². The van der Waals surface area contributed by atoms with Crippen LogP contribution in [0.2, 0.25) is 5.02 Å². The SMILES string of the molecule is Cc1cc(O)c(C(N[S@@+]([O-])C(C)(C)C)C2CCN(C(=O)[C@@H]3OCC[C@@H]3OC(=O)c3ccccc3)CC2)cc1Cl. The summed E-state index contributed by atoms with van der Waals surface area (Å²) in [5, 5.41) is 11.3. The van der Waals surface area contributed by atoms with Gasteiger partial charge in [0, 0.05) is 41.5 Å². The number of benzene rings is 2. The first kappa shape index (κ1) is 29.7. The molecule has 4 atom stereocenters. The molecule has 2 aliphatic heterocycles. The molecule has 2 heterocycles. The van der Waals surface area contributed by atoms with E-state index in [1.807, 2.05) is 33.8 Å². The minimum absolute atomic E-state index is 0.00113. The molecular formula is C29H37ClN2O6S. The monoisotopic (exact) mass is 576 g/mol. The van der Waals surface area contributed by atoms with E-state index in [0.717, 1.165) is 5.56 Å². The van der Waals surface area contributed by atoms with Gasteiger partial charge in [-0.15, -0.1) is 4.72 Å². The first-order valence-corrected chi connectivity index (χ1v) is 14.8. The van der Waals surface area contributed by atoms with Crippen molar-refractivity contribution in [3.05, 3.63) is 64.2 Å². The normalized spacial score (nSPS) is 21.9. The van der Waals surface area contributed by atoms with Crippen molar-refractivity contribution in [1.82, 2.24) is 9.62 Å². The molecule has 2 aliphatic rings. The van der Waals surface area contributed by atoms with E-state index in [0.29, 0.717) is 55.1 Å². The Balaban J connectivity index is 1.44. The molecule has 2 aromatic rings. The van der Waals surface area contributed by atoms with Crippen molar-refractivity contribution >= 4 is 34.8 Å². The number of phenolic OH excluding ortho intramolecular Hbond substituents is 1. The van der Waals surface area contributed by atoms with Crippen LogP contribution in [0.1, 0.15) is 67.6 Å². The van der Waals surface area contributed by atoms with Crippen LogP contribution >= 0.6 is 11.6 Å². The number of nitrogens with one attached hydrogen (secondary N) is 1. The van der Waals surface area contributed by atoms with Gasteiger partial charge in [0.2, 0.25) is 0 Å². The van der Waals surface area contributed by atoms with Crippen LogP contribution in [0, 0.1) is 12.8 Å². The summed E-state index contributed by atoms with van der Waals surface area (Å²) in [6.07, 6.45) is 0.228. The standard InChI is InChI=1S/C29H37ClN2O6S/c1-18-16-23(33)21(17-22(18)30)25(31-39(36)29(2,3)4)19-10-13-32(14-11-19)27(34)26-24(12-15-37-26)38-28(35)20-8-6-5-7-9-20/h5-9,16-17,19,24-26,31,33H,10-15H2,1-4H3/t24-,25?,26+,39-/m0/s1. The van der Waals surface area contributed by atoms with Gasteiger partial charge in [-0.25, -0.2) is 4.79 Å². The number of phenols is 1. The molecule has 0 spiro atoms. The second-order valence-corrected chi connectivity index (χ2v) is 13.6. The molecule has 0 aromatic heterocycles. The first-order chi connectivity index (χ1) is 18.5. The lowest BCUT2D eigenvalue weighted by molar-refractivity contribution is -0.146. The van der Waals surface area contributed by atoms with Crippen molar-refractivity contribution in [3.8, 4) is 5.75 Å². The van der Waals surface area contributed by atoms with Crippen molar-refractivity contribution in [3.63, 3.8) is 0 Å². The molecule has 8 nitrogen and oxygen atoms in total. The number of aryl methyl sites for hydroxylation is 1. The Kier molecular flexibility index (Phi) is 9.49. The average molecular weight is 577 g/mol. The Bertz CT molecular complexity index is 1170. The van der Waals surface area contributed by atoms with Gasteiger partial charge in [0.15, 0.2) is 6.10 Å². The maximum atomic E-state index is 13.4. The van der Waals surface area contributed by atoms with Crippen LogP contribution in [0.5, 0.6) is 5.75 Å². The minimum Gasteiger partial charge on any atom is -0.598 e. The number of nitrogens with zero attached hydrogens (tertiary/aromatic N) is 1. The van der Waals surface area contributed by atoms with E-state index in [1.54, 1.807) is 41.3 Å². The summed E-state index contributed by atoms with van der Waals surface area (Å²) in [6.45, 7) is 8.75. The molecule has 0 radical (unpaired) electrons. The number of likely N-dealkylation sites (tertiary alicyclic amines) is 1. The molecule has 4 rings (SSSR count). The number of amides is 1. The zero-order valence-corrected chi connectivity index (χ0v) is 24.4. The summed E-state index contributed by atoms with van der Waals surface area (Å²) in [7, 11) is 0. The third-order valence-corrected chi connectivity index (χ3v) is 9.29. The Morgan fingerprint density at radius 2 is 1.85 bits per heavy atom. The molecular weight excluding hydrogens is 540 g/mol. The molecule has 212 valence electrons. The van der Waals surface area contributed by atoms with Crippen molar-refractivity contribution in [2.75, 3.05) is 19.7 Å². The highest BCUT2D eigenvalue weighted by molar-refractivity contribution is 7.90. The van der Waals surface area contributed by atoms with E-state index < -0.39 is 40.3 Å². The Labute approximate surface area is 238 Å². The number of aromatic hydroxyl groups is 1. The third kappa shape index (κ3) is 7.08.